The maximum absolute atomic E-state index is 12.6. The molecule has 9 N–H and O–H groups in total. The van der Waals surface area contributed by atoms with Gasteiger partial charge in [0.2, 0.25) is 17.7 Å². The molecule has 0 aliphatic heterocycles. The number of aliphatic hydroxyl groups is 1. The van der Waals surface area contributed by atoms with Crippen LogP contribution < -0.4 is 21.7 Å². The number of aliphatic hydroxyl groups excluding tert-OH is 1. The minimum absolute atomic E-state index is 0.356. The first-order chi connectivity index (χ1) is 14.3. The number of carboxylic acid groups (broad SMARTS) is 3. The maximum atomic E-state index is 12.6. The quantitative estimate of drug-likeness (QED) is 0.132. The highest BCUT2D eigenvalue weighted by Gasteiger charge is 2.33. The third kappa shape index (κ3) is 9.86. The number of aliphatic carboxylic acids is 3. The van der Waals surface area contributed by atoms with Crippen LogP contribution in [0.25, 0.3) is 0 Å². The van der Waals surface area contributed by atoms with E-state index in [-0.39, 0.29) is 0 Å². The molecule has 0 aliphatic rings. The van der Waals surface area contributed by atoms with Gasteiger partial charge in [-0.25, -0.2) is 4.79 Å². The molecular weight excluding hydrogens is 420 g/mol. The predicted octanol–water partition coefficient (Wildman–Crippen LogP) is -3.16. The van der Waals surface area contributed by atoms with Gasteiger partial charge in [-0.2, -0.15) is 0 Å². The minimum atomic E-state index is -1.68. The zero-order chi connectivity index (χ0) is 24.3. The van der Waals surface area contributed by atoms with Crippen molar-refractivity contribution in [2.45, 2.75) is 57.3 Å². The van der Waals surface area contributed by atoms with Crippen molar-refractivity contribution < 1.29 is 49.2 Å². The SMILES string of the molecule is CCC(C)C(NC(=O)C(CC(=O)O)NC(=O)C(N)CC(=O)O)C(=O)NC(CO)C(=O)O. The first-order valence-electron chi connectivity index (χ1n) is 9.27. The Balaban J connectivity index is 5.51. The molecule has 0 heterocycles. The Labute approximate surface area is 177 Å². The Hall–Kier alpha value is -3.26. The first-order valence-corrected chi connectivity index (χ1v) is 9.27. The van der Waals surface area contributed by atoms with Gasteiger partial charge in [0.15, 0.2) is 0 Å². The molecule has 0 bridgehead atoms. The van der Waals surface area contributed by atoms with Crippen molar-refractivity contribution in [3.8, 4) is 0 Å². The average molecular weight is 448 g/mol. The number of rotatable bonds is 14. The number of nitrogens with two attached hydrogens (primary N) is 1. The molecule has 0 aromatic heterocycles. The third-order valence-corrected chi connectivity index (χ3v) is 4.33. The molecule has 0 aromatic rings. The lowest BCUT2D eigenvalue weighted by molar-refractivity contribution is -0.144. The topological polar surface area (TPSA) is 245 Å². The largest absolute Gasteiger partial charge is 0.481 e. The van der Waals surface area contributed by atoms with E-state index in [0.717, 1.165) is 0 Å². The number of hydrogen-bond donors (Lipinski definition) is 8. The van der Waals surface area contributed by atoms with Crippen molar-refractivity contribution in [2.75, 3.05) is 6.61 Å². The van der Waals surface area contributed by atoms with Crippen LogP contribution in [-0.4, -0.2) is 86.8 Å². The summed E-state index contributed by atoms with van der Waals surface area (Å²) in [4.78, 5) is 69.8. The van der Waals surface area contributed by atoms with Gasteiger partial charge in [0, 0.05) is 0 Å². The van der Waals surface area contributed by atoms with Crippen LogP contribution in [0.4, 0.5) is 0 Å². The smallest absolute Gasteiger partial charge is 0.328 e. The van der Waals surface area contributed by atoms with Gasteiger partial charge in [-0.1, -0.05) is 20.3 Å². The van der Waals surface area contributed by atoms with Crippen molar-refractivity contribution in [1.82, 2.24) is 16.0 Å². The highest BCUT2D eigenvalue weighted by molar-refractivity contribution is 5.96. The average Bonchev–Trinajstić information content (AvgIpc) is 2.67. The lowest BCUT2D eigenvalue weighted by Gasteiger charge is -2.27. The summed E-state index contributed by atoms with van der Waals surface area (Å²) in [5.41, 5.74) is 5.40. The number of amides is 3. The summed E-state index contributed by atoms with van der Waals surface area (Å²) in [6, 6.07) is -6.17. The molecule has 176 valence electrons. The van der Waals surface area contributed by atoms with Crippen molar-refractivity contribution >= 4 is 35.6 Å². The fourth-order valence-electron chi connectivity index (χ4n) is 2.35. The number of carboxylic acids is 3. The zero-order valence-corrected chi connectivity index (χ0v) is 17.0. The summed E-state index contributed by atoms with van der Waals surface area (Å²) >= 11 is 0. The summed E-state index contributed by atoms with van der Waals surface area (Å²) in [5, 5.41) is 42.1. The molecule has 0 aromatic carbocycles. The van der Waals surface area contributed by atoms with Gasteiger partial charge >= 0.3 is 17.9 Å². The van der Waals surface area contributed by atoms with Crippen LogP contribution in [0.5, 0.6) is 0 Å². The molecule has 0 saturated heterocycles. The Morgan fingerprint density at radius 3 is 1.74 bits per heavy atom. The van der Waals surface area contributed by atoms with Gasteiger partial charge in [-0.3, -0.25) is 24.0 Å². The molecule has 0 aliphatic carbocycles. The van der Waals surface area contributed by atoms with E-state index >= 15 is 0 Å². The number of hydrogen-bond acceptors (Lipinski definition) is 8. The van der Waals surface area contributed by atoms with Crippen LogP contribution in [0.2, 0.25) is 0 Å². The molecular formula is C17H28N4O10. The molecule has 3 amide bonds. The second-order valence-corrected chi connectivity index (χ2v) is 6.82. The molecule has 0 rings (SSSR count). The minimum Gasteiger partial charge on any atom is -0.481 e. The van der Waals surface area contributed by atoms with Gasteiger partial charge in [0.05, 0.1) is 25.5 Å². The highest BCUT2D eigenvalue weighted by atomic mass is 16.4. The van der Waals surface area contributed by atoms with E-state index in [1.807, 2.05) is 5.32 Å². The van der Waals surface area contributed by atoms with Crippen molar-refractivity contribution in [1.29, 1.82) is 0 Å². The number of nitrogens with one attached hydrogen (secondary N) is 3. The van der Waals surface area contributed by atoms with Crippen LogP contribution in [-0.2, 0) is 28.8 Å². The summed E-state index contributed by atoms with van der Waals surface area (Å²) < 4.78 is 0. The predicted molar refractivity (Wildman–Crippen MR) is 102 cm³/mol. The van der Waals surface area contributed by atoms with E-state index in [1.165, 1.54) is 0 Å². The van der Waals surface area contributed by atoms with E-state index in [0.29, 0.717) is 6.42 Å². The summed E-state index contributed by atoms with van der Waals surface area (Å²) in [6.45, 7) is 2.34. The van der Waals surface area contributed by atoms with E-state index < -0.39 is 85.2 Å². The third-order valence-electron chi connectivity index (χ3n) is 4.33. The highest BCUT2D eigenvalue weighted by Crippen LogP contribution is 2.09. The number of carbonyl (C=O) groups is 6. The molecule has 0 saturated carbocycles. The van der Waals surface area contributed by atoms with Crippen LogP contribution >= 0.6 is 0 Å². The van der Waals surface area contributed by atoms with E-state index in [2.05, 4.69) is 10.6 Å². The van der Waals surface area contributed by atoms with Crippen molar-refractivity contribution in [3.05, 3.63) is 0 Å². The van der Waals surface area contributed by atoms with Gasteiger partial charge < -0.3 is 42.1 Å². The fourth-order valence-corrected chi connectivity index (χ4v) is 2.35. The second kappa shape index (κ2) is 13.1. The summed E-state index contributed by atoms with van der Waals surface area (Å²) in [6.07, 6.45) is -1.29. The molecule has 5 atom stereocenters. The van der Waals surface area contributed by atoms with Gasteiger partial charge in [0.25, 0.3) is 0 Å². The van der Waals surface area contributed by atoms with E-state index in [9.17, 15) is 28.8 Å². The summed E-state index contributed by atoms with van der Waals surface area (Å²) in [5.74, 6) is -7.99. The van der Waals surface area contributed by atoms with Gasteiger partial charge in [-0.15, -0.1) is 0 Å². The van der Waals surface area contributed by atoms with Crippen LogP contribution in [0, 0.1) is 5.92 Å². The van der Waals surface area contributed by atoms with Crippen LogP contribution in [0.1, 0.15) is 33.1 Å². The van der Waals surface area contributed by atoms with Gasteiger partial charge in [-0.05, 0) is 5.92 Å². The maximum Gasteiger partial charge on any atom is 0.328 e. The Kier molecular flexibility index (Phi) is 11.7. The Bertz CT molecular complexity index is 698. The zero-order valence-electron chi connectivity index (χ0n) is 17.0. The monoisotopic (exact) mass is 448 g/mol. The van der Waals surface area contributed by atoms with Crippen molar-refractivity contribution in [3.63, 3.8) is 0 Å². The standard InChI is InChI=1S/C17H28N4O10/c1-3-7(2)13(16(29)20-10(6-22)17(30)31)21-15(28)9(5-12(25)26)19-14(27)8(18)4-11(23)24/h7-10,13,22H,3-6,18H2,1-2H3,(H,19,27)(H,20,29)(H,21,28)(H,23,24)(H,25,26)(H,30,31). The molecule has 0 spiro atoms. The Morgan fingerprint density at radius 1 is 0.806 bits per heavy atom. The normalized spacial score (nSPS) is 15.5. The Morgan fingerprint density at radius 2 is 1.32 bits per heavy atom. The molecule has 0 fully saturated rings. The first kappa shape index (κ1) is 27.7. The van der Waals surface area contributed by atoms with Crippen LogP contribution in [0.15, 0.2) is 0 Å². The van der Waals surface area contributed by atoms with E-state index in [4.69, 9.17) is 26.2 Å². The van der Waals surface area contributed by atoms with E-state index in [1.54, 1.807) is 13.8 Å². The molecule has 5 unspecified atom stereocenters. The van der Waals surface area contributed by atoms with Crippen molar-refractivity contribution in [2.24, 2.45) is 11.7 Å². The molecule has 31 heavy (non-hydrogen) atoms. The second-order valence-electron chi connectivity index (χ2n) is 6.82. The lowest BCUT2D eigenvalue weighted by Crippen LogP contribution is -2.59. The molecule has 0 radical (unpaired) electrons. The lowest BCUT2D eigenvalue weighted by atomic mass is 9.97. The van der Waals surface area contributed by atoms with Crippen LogP contribution in [0.3, 0.4) is 0 Å². The fraction of sp³-hybridized carbons (Fsp3) is 0.647. The molecule has 14 nitrogen and oxygen atoms in total. The summed E-state index contributed by atoms with van der Waals surface area (Å²) in [7, 11) is 0. The molecule has 14 heteroatoms. The van der Waals surface area contributed by atoms with Gasteiger partial charge in [0.1, 0.15) is 18.1 Å². The number of carbonyl (C=O) groups excluding carboxylic acids is 3.